The first-order valence-electron chi connectivity index (χ1n) is 8.57. The number of benzene rings is 2. The third-order valence-electron chi connectivity index (χ3n) is 4.20. The van der Waals surface area contributed by atoms with E-state index in [4.69, 9.17) is 21.1 Å². The molecule has 0 aromatic heterocycles. The molecule has 2 amide bonds. The van der Waals surface area contributed by atoms with E-state index in [0.717, 1.165) is 10.0 Å². The van der Waals surface area contributed by atoms with Crippen molar-refractivity contribution in [2.45, 2.75) is 13.3 Å². The number of imide groups is 1. The topological polar surface area (TPSA) is 72.9 Å². The molecule has 1 aliphatic rings. The van der Waals surface area contributed by atoms with Crippen molar-refractivity contribution in [1.29, 1.82) is 0 Å². The number of halogens is 2. The van der Waals surface area contributed by atoms with Crippen molar-refractivity contribution >= 4 is 45.3 Å². The SMILES string of the molecule is Cc1cc(Cl)ccc1OCC(=O)OCCCN1C(=O)c2ccc(Br)cc2C1=O. The number of nitrogens with zero attached hydrogens (tertiary/aromatic N) is 1. The van der Waals surface area contributed by atoms with Crippen LogP contribution in [0.25, 0.3) is 0 Å². The van der Waals surface area contributed by atoms with Gasteiger partial charge in [-0.05, 0) is 55.3 Å². The van der Waals surface area contributed by atoms with Crippen LogP contribution in [0, 0.1) is 6.92 Å². The van der Waals surface area contributed by atoms with Crippen LogP contribution in [-0.2, 0) is 9.53 Å². The van der Waals surface area contributed by atoms with E-state index >= 15 is 0 Å². The second-order valence-corrected chi connectivity index (χ2v) is 7.58. The van der Waals surface area contributed by atoms with Crippen LogP contribution in [0.3, 0.4) is 0 Å². The van der Waals surface area contributed by atoms with Crippen molar-refractivity contribution in [1.82, 2.24) is 4.90 Å². The fourth-order valence-electron chi connectivity index (χ4n) is 2.83. The molecule has 0 saturated carbocycles. The van der Waals surface area contributed by atoms with Gasteiger partial charge in [0.05, 0.1) is 17.7 Å². The van der Waals surface area contributed by atoms with Gasteiger partial charge >= 0.3 is 5.97 Å². The Morgan fingerprint density at radius 2 is 1.86 bits per heavy atom. The molecule has 3 rings (SSSR count). The van der Waals surface area contributed by atoms with Crippen molar-refractivity contribution in [3.63, 3.8) is 0 Å². The highest BCUT2D eigenvalue weighted by Crippen LogP contribution is 2.26. The van der Waals surface area contributed by atoms with Crippen molar-refractivity contribution in [3.8, 4) is 5.75 Å². The Hall–Kier alpha value is -2.38. The summed E-state index contributed by atoms with van der Waals surface area (Å²) in [5.74, 6) is -0.645. The predicted molar refractivity (Wildman–Crippen MR) is 107 cm³/mol. The number of aryl methyl sites for hydroxylation is 1. The Balaban J connectivity index is 1.43. The molecule has 0 radical (unpaired) electrons. The van der Waals surface area contributed by atoms with E-state index in [1.807, 2.05) is 6.92 Å². The lowest BCUT2D eigenvalue weighted by Gasteiger charge is -2.14. The summed E-state index contributed by atoms with van der Waals surface area (Å²) in [6.07, 6.45) is 0.346. The zero-order chi connectivity index (χ0) is 20.3. The van der Waals surface area contributed by atoms with E-state index in [1.165, 1.54) is 4.90 Å². The number of amides is 2. The molecular formula is C20H17BrClNO5. The maximum absolute atomic E-state index is 12.3. The van der Waals surface area contributed by atoms with Crippen molar-refractivity contribution < 1.29 is 23.9 Å². The van der Waals surface area contributed by atoms with E-state index < -0.39 is 5.97 Å². The number of rotatable bonds is 7. The molecular weight excluding hydrogens is 450 g/mol. The average molecular weight is 467 g/mol. The van der Waals surface area contributed by atoms with E-state index in [9.17, 15) is 14.4 Å². The highest BCUT2D eigenvalue weighted by molar-refractivity contribution is 9.10. The number of ether oxygens (including phenoxy) is 2. The lowest BCUT2D eigenvalue weighted by molar-refractivity contribution is -0.146. The van der Waals surface area contributed by atoms with Crippen molar-refractivity contribution in [3.05, 3.63) is 62.6 Å². The number of carbonyl (C=O) groups is 3. The normalized spacial score (nSPS) is 12.9. The van der Waals surface area contributed by atoms with Gasteiger partial charge in [-0.3, -0.25) is 14.5 Å². The molecule has 146 valence electrons. The quantitative estimate of drug-likeness (QED) is 0.350. The molecule has 0 unspecified atom stereocenters. The zero-order valence-corrected chi connectivity index (χ0v) is 17.4. The minimum absolute atomic E-state index is 0.0822. The predicted octanol–water partition coefficient (Wildman–Crippen LogP) is 4.02. The van der Waals surface area contributed by atoms with Gasteiger partial charge in [0.2, 0.25) is 0 Å². The van der Waals surface area contributed by atoms with Crippen LogP contribution in [0.4, 0.5) is 0 Å². The summed E-state index contributed by atoms with van der Waals surface area (Å²) in [5.41, 5.74) is 1.58. The first kappa shape index (κ1) is 20.4. The van der Waals surface area contributed by atoms with Crippen LogP contribution < -0.4 is 4.74 Å². The minimum atomic E-state index is -0.527. The molecule has 8 heteroatoms. The van der Waals surface area contributed by atoms with Crippen LogP contribution in [-0.4, -0.2) is 42.4 Å². The Morgan fingerprint density at radius 1 is 1.11 bits per heavy atom. The summed E-state index contributed by atoms with van der Waals surface area (Å²) < 4.78 is 11.3. The molecule has 2 aromatic carbocycles. The molecule has 0 saturated heterocycles. The fraction of sp³-hybridized carbons (Fsp3) is 0.250. The summed E-state index contributed by atoms with van der Waals surface area (Å²) in [5, 5.41) is 0.591. The van der Waals surface area contributed by atoms with Crippen LogP contribution in [0.1, 0.15) is 32.7 Å². The minimum Gasteiger partial charge on any atom is -0.482 e. The second kappa shape index (κ2) is 8.75. The number of carbonyl (C=O) groups excluding carboxylic acids is 3. The van der Waals surface area contributed by atoms with Gasteiger partial charge in [0.25, 0.3) is 11.8 Å². The summed E-state index contributed by atoms with van der Waals surface area (Å²) in [6.45, 7) is 1.85. The van der Waals surface area contributed by atoms with Gasteiger partial charge in [0.15, 0.2) is 6.61 Å². The first-order valence-corrected chi connectivity index (χ1v) is 9.74. The maximum atomic E-state index is 12.3. The van der Waals surface area contributed by atoms with E-state index in [0.29, 0.717) is 28.3 Å². The van der Waals surface area contributed by atoms with Crippen LogP contribution in [0.15, 0.2) is 40.9 Å². The average Bonchev–Trinajstić information content (AvgIpc) is 2.88. The molecule has 0 fully saturated rings. The number of esters is 1. The molecule has 0 N–H and O–H groups in total. The smallest absolute Gasteiger partial charge is 0.344 e. The molecule has 28 heavy (non-hydrogen) atoms. The summed E-state index contributed by atoms with van der Waals surface area (Å²) in [6, 6.07) is 10.1. The first-order chi connectivity index (χ1) is 13.4. The molecule has 2 aromatic rings. The standard InChI is InChI=1S/C20H17BrClNO5/c1-12-9-14(22)4-6-17(12)28-11-18(24)27-8-2-7-23-19(25)15-5-3-13(21)10-16(15)20(23)26/h3-6,9-10H,2,7-8,11H2,1H3. The lowest BCUT2D eigenvalue weighted by Crippen LogP contribution is -2.31. The van der Waals surface area contributed by atoms with Gasteiger partial charge < -0.3 is 9.47 Å². The van der Waals surface area contributed by atoms with Crippen LogP contribution in [0.2, 0.25) is 5.02 Å². The highest BCUT2D eigenvalue weighted by atomic mass is 79.9. The molecule has 0 aliphatic carbocycles. The van der Waals surface area contributed by atoms with E-state index in [2.05, 4.69) is 15.9 Å². The Bertz CT molecular complexity index is 946. The van der Waals surface area contributed by atoms with Crippen molar-refractivity contribution in [2.24, 2.45) is 0 Å². The maximum Gasteiger partial charge on any atom is 0.344 e. The molecule has 0 bridgehead atoms. The second-order valence-electron chi connectivity index (χ2n) is 6.22. The Morgan fingerprint density at radius 3 is 2.61 bits per heavy atom. The Labute approximate surface area is 175 Å². The van der Waals surface area contributed by atoms with Crippen LogP contribution in [0.5, 0.6) is 5.75 Å². The molecule has 1 heterocycles. The summed E-state index contributed by atoms with van der Waals surface area (Å²) >= 11 is 9.17. The lowest BCUT2D eigenvalue weighted by atomic mass is 10.1. The third kappa shape index (κ3) is 4.54. The van der Waals surface area contributed by atoms with Crippen molar-refractivity contribution in [2.75, 3.05) is 19.8 Å². The van der Waals surface area contributed by atoms with Gasteiger partial charge in [-0.15, -0.1) is 0 Å². The van der Waals surface area contributed by atoms with Gasteiger partial charge in [0, 0.05) is 16.0 Å². The van der Waals surface area contributed by atoms with Gasteiger partial charge in [-0.1, -0.05) is 27.5 Å². The Kier molecular flexibility index (Phi) is 6.36. The van der Waals surface area contributed by atoms with Crippen LogP contribution >= 0.6 is 27.5 Å². The van der Waals surface area contributed by atoms with Gasteiger partial charge in [-0.25, -0.2) is 4.79 Å². The van der Waals surface area contributed by atoms with E-state index in [1.54, 1.807) is 36.4 Å². The summed E-state index contributed by atoms with van der Waals surface area (Å²) in [7, 11) is 0. The number of fused-ring (bicyclic) bond motifs is 1. The monoisotopic (exact) mass is 465 g/mol. The fourth-order valence-corrected chi connectivity index (χ4v) is 3.42. The third-order valence-corrected chi connectivity index (χ3v) is 4.93. The van der Waals surface area contributed by atoms with Gasteiger partial charge in [0.1, 0.15) is 5.75 Å². The van der Waals surface area contributed by atoms with E-state index in [-0.39, 0.29) is 31.6 Å². The number of hydrogen-bond donors (Lipinski definition) is 0. The molecule has 1 aliphatic heterocycles. The summed E-state index contributed by atoms with van der Waals surface area (Å²) in [4.78, 5) is 37.6. The highest BCUT2D eigenvalue weighted by Gasteiger charge is 2.35. The molecule has 6 nitrogen and oxygen atoms in total. The molecule has 0 spiro atoms. The number of hydrogen-bond acceptors (Lipinski definition) is 5. The molecule has 0 atom stereocenters. The van der Waals surface area contributed by atoms with Gasteiger partial charge in [-0.2, -0.15) is 0 Å². The zero-order valence-electron chi connectivity index (χ0n) is 15.0. The largest absolute Gasteiger partial charge is 0.482 e.